The minimum absolute atomic E-state index is 0.270. The highest BCUT2D eigenvalue weighted by Crippen LogP contribution is 2.18. The van der Waals surface area contributed by atoms with Crippen molar-refractivity contribution in [1.82, 2.24) is 0 Å². The molecule has 0 amide bonds. The van der Waals surface area contributed by atoms with Crippen LogP contribution < -0.4 is 0 Å². The Bertz CT molecular complexity index is 434. The summed E-state index contributed by atoms with van der Waals surface area (Å²) in [6.45, 7) is 4.08. The normalized spacial score (nSPS) is 12.1. The number of unbranched alkanes of at least 4 members (excludes halogenated alkanes) is 4. The minimum Gasteiger partial charge on any atom is -0.481 e. The Morgan fingerprint density at radius 3 is 2.20 bits per heavy atom. The molecule has 0 radical (unpaired) electrons. The number of carboxylic acids is 1. The van der Waals surface area contributed by atoms with Crippen molar-refractivity contribution in [1.29, 1.82) is 0 Å². The van der Waals surface area contributed by atoms with Gasteiger partial charge in [0.1, 0.15) is 5.92 Å². The molecular weight excluding hydrogens is 252 g/mol. The zero-order chi connectivity index (χ0) is 15.0. The second kappa shape index (κ2) is 8.51. The summed E-state index contributed by atoms with van der Waals surface area (Å²) in [6.07, 6.45) is 5.68. The molecule has 3 heteroatoms. The van der Waals surface area contributed by atoms with E-state index in [2.05, 4.69) is 6.92 Å². The van der Waals surface area contributed by atoms with Crippen molar-refractivity contribution < 1.29 is 14.7 Å². The van der Waals surface area contributed by atoms with E-state index in [0.29, 0.717) is 12.0 Å². The molecule has 1 aromatic rings. The van der Waals surface area contributed by atoms with Crippen molar-refractivity contribution in [3.05, 3.63) is 35.4 Å². The van der Waals surface area contributed by atoms with Crippen LogP contribution in [0.25, 0.3) is 0 Å². The molecule has 110 valence electrons. The summed E-state index contributed by atoms with van der Waals surface area (Å²) >= 11 is 0. The van der Waals surface area contributed by atoms with E-state index in [9.17, 15) is 14.7 Å². The van der Waals surface area contributed by atoms with Gasteiger partial charge in [0.15, 0.2) is 5.78 Å². The lowest BCUT2D eigenvalue weighted by Crippen LogP contribution is -2.24. The molecule has 1 aromatic carbocycles. The number of Topliss-reactive ketones (excluding diaryl/α,β-unsaturated/α-hetero) is 1. The van der Waals surface area contributed by atoms with Gasteiger partial charge in [-0.3, -0.25) is 9.59 Å². The number of rotatable bonds is 9. The molecule has 20 heavy (non-hydrogen) atoms. The highest BCUT2D eigenvalue weighted by Gasteiger charge is 2.26. The largest absolute Gasteiger partial charge is 0.481 e. The topological polar surface area (TPSA) is 54.4 Å². The molecule has 0 saturated heterocycles. The number of carbonyl (C=O) groups excluding carboxylic acids is 1. The fourth-order valence-corrected chi connectivity index (χ4v) is 2.24. The lowest BCUT2D eigenvalue weighted by Gasteiger charge is -2.11. The molecule has 1 rings (SSSR count). The lowest BCUT2D eigenvalue weighted by molar-refractivity contribution is -0.140. The third kappa shape index (κ3) is 5.16. The summed E-state index contributed by atoms with van der Waals surface area (Å²) in [5, 5.41) is 9.24. The quantitative estimate of drug-likeness (QED) is 0.417. The van der Waals surface area contributed by atoms with Crippen LogP contribution in [0.2, 0.25) is 0 Å². The first-order valence-electron chi connectivity index (χ1n) is 7.40. The predicted octanol–water partition coefficient (Wildman–Crippen LogP) is 4.24. The summed E-state index contributed by atoms with van der Waals surface area (Å²) in [4.78, 5) is 23.5. The molecule has 0 aliphatic carbocycles. The maximum Gasteiger partial charge on any atom is 0.314 e. The Hall–Kier alpha value is -1.64. The van der Waals surface area contributed by atoms with E-state index in [0.717, 1.165) is 31.2 Å². The van der Waals surface area contributed by atoms with Crippen molar-refractivity contribution in [2.45, 2.75) is 52.4 Å². The molecule has 0 bridgehead atoms. The Morgan fingerprint density at radius 2 is 1.65 bits per heavy atom. The smallest absolute Gasteiger partial charge is 0.314 e. The fourth-order valence-electron chi connectivity index (χ4n) is 2.24. The molecule has 0 spiro atoms. The van der Waals surface area contributed by atoms with Crippen LogP contribution in [0.1, 0.15) is 61.4 Å². The molecule has 0 aliphatic rings. The van der Waals surface area contributed by atoms with Gasteiger partial charge in [-0.25, -0.2) is 0 Å². The van der Waals surface area contributed by atoms with Gasteiger partial charge in [0.05, 0.1) is 0 Å². The van der Waals surface area contributed by atoms with E-state index >= 15 is 0 Å². The first-order valence-corrected chi connectivity index (χ1v) is 7.40. The molecule has 0 fully saturated rings. The van der Waals surface area contributed by atoms with Gasteiger partial charge in [-0.05, 0) is 13.3 Å². The SMILES string of the molecule is CCCCCCCC(C(=O)O)C(=O)c1ccc(C)cc1. The molecule has 1 atom stereocenters. The van der Waals surface area contributed by atoms with Gasteiger partial charge in [0, 0.05) is 5.56 Å². The maximum atomic E-state index is 12.2. The number of benzene rings is 1. The third-order valence-electron chi connectivity index (χ3n) is 3.55. The van der Waals surface area contributed by atoms with Gasteiger partial charge in [-0.15, -0.1) is 0 Å². The van der Waals surface area contributed by atoms with Crippen LogP contribution in [0.3, 0.4) is 0 Å². The van der Waals surface area contributed by atoms with E-state index in [4.69, 9.17) is 0 Å². The van der Waals surface area contributed by atoms with Crippen molar-refractivity contribution in [2.24, 2.45) is 5.92 Å². The molecule has 0 aromatic heterocycles. The Morgan fingerprint density at radius 1 is 1.05 bits per heavy atom. The number of carboxylic acid groups (broad SMARTS) is 1. The predicted molar refractivity (Wildman–Crippen MR) is 80.0 cm³/mol. The second-order valence-electron chi connectivity index (χ2n) is 5.32. The zero-order valence-corrected chi connectivity index (χ0v) is 12.4. The average molecular weight is 276 g/mol. The van der Waals surface area contributed by atoms with Gasteiger partial charge in [0.2, 0.25) is 0 Å². The van der Waals surface area contributed by atoms with E-state index in [1.165, 1.54) is 6.42 Å². The summed E-state index contributed by atoms with van der Waals surface area (Å²) in [5.74, 6) is -2.18. The van der Waals surface area contributed by atoms with Gasteiger partial charge in [-0.2, -0.15) is 0 Å². The third-order valence-corrected chi connectivity index (χ3v) is 3.55. The monoisotopic (exact) mass is 276 g/mol. The number of ketones is 1. The fraction of sp³-hybridized carbons (Fsp3) is 0.529. The van der Waals surface area contributed by atoms with Crippen molar-refractivity contribution in [3.8, 4) is 0 Å². The number of aliphatic carboxylic acids is 1. The number of hydrogen-bond donors (Lipinski definition) is 1. The van der Waals surface area contributed by atoms with Gasteiger partial charge >= 0.3 is 5.97 Å². The van der Waals surface area contributed by atoms with Gasteiger partial charge < -0.3 is 5.11 Å². The van der Waals surface area contributed by atoms with Crippen LogP contribution >= 0.6 is 0 Å². The second-order valence-corrected chi connectivity index (χ2v) is 5.32. The summed E-state index contributed by atoms with van der Waals surface area (Å²) in [7, 11) is 0. The number of aryl methyl sites for hydroxylation is 1. The molecule has 0 aliphatic heterocycles. The Balaban J connectivity index is 2.59. The van der Waals surface area contributed by atoms with Crippen molar-refractivity contribution >= 4 is 11.8 Å². The van der Waals surface area contributed by atoms with E-state index in [1.54, 1.807) is 12.1 Å². The van der Waals surface area contributed by atoms with Crippen LogP contribution in [0, 0.1) is 12.8 Å². The molecule has 0 heterocycles. The van der Waals surface area contributed by atoms with Gasteiger partial charge in [-0.1, -0.05) is 68.9 Å². The molecule has 3 nitrogen and oxygen atoms in total. The standard InChI is InChI=1S/C17H24O3/c1-3-4-5-6-7-8-15(17(19)20)16(18)14-11-9-13(2)10-12-14/h9-12,15H,3-8H2,1-2H3,(H,19,20). The highest BCUT2D eigenvalue weighted by atomic mass is 16.4. The molecular formula is C17H24O3. The van der Waals surface area contributed by atoms with Crippen LogP contribution in [0.4, 0.5) is 0 Å². The van der Waals surface area contributed by atoms with Gasteiger partial charge in [0.25, 0.3) is 0 Å². The van der Waals surface area contributed by atoms with Crippen LogP contribution in [0.15, 0.2) is 24.3 Å². The van der Waals surface area contributed by atoms with Crippen LogP contribution in [-0.2, 0) is 4.79 Å². The van der Waals surface area contributed by atoms with Crippen LogP contribution in [-0.4, -0.2) is 16.9 Å². The maximum absolute atomic E-state index is 12.2. The van der Waals surface area contributed by atoms with E-state index in [-0.39, 0.29) is 5.78 Å². The summed E-state index contributed by atoms with van der Waals surface area (Å²) in [6, 6.07) is 7.11. The molecule has 1 unspecified atom stereocenters. The summed E-state index contributed by atoms with van der Waals surface area (Å²) in [5.41, 5.74) is 1.56. The first-order chi connectivity index (χ1) is 9.56. The Labute approximate surface area is 121 Å². The number of carbonyl (C=O) groups is 2. The van der Waals surface area contributed by atoms with E-state index < -0.39 is 11.9 Å². The van der Waals surface area contributed by atoms with Crippen LogP contribution in [0.5, 0.6) is 0 Å². The molecule has 1 N–H and O–H groups in total. The van der Waals surface area contributed by atoms with E-state index in [1.807, 2.05) is 19.1 Å². The lowest BCUT2D eigenvalue weighted by atomic mass is 9.92. The Kier molecular flexibility index (Phi) is 6.99. The zero-order valence-electron chi connectivity index (χ0n) is 12.4. The van der Waals surface area contributed by atoms with Crippen molar-refractivity contribution in [2.75, 3.05) is 0 Å². The average Bonchev–Trinajstić information content (AvgIpc) is 2.42. The minimum atomic E-state index is -1.01. The highest BCUT2D eigenvalue weighted by molar-refractivity contribution is 6.08. The first kappa shape index (κ1) is 16.4. The number of hydrogen-bond acceptors (Lipinski definition) is 2. The van der Waals surface area contributed by atoms with Crippen molar-refractivity contribution in [3.63, 3.8) is 0 Å². The summed E-state index contributed by atoms with van der Waals surface area (Å²) < 4.78 is 0. The molecule has 0 saturated carbocycles.